The molecule has 0 aliphatic rings. The first-order chi connectivity index (χ1) is 10.7. The Hall–Kier alpha value is -1.15. The van der Waals surface area contributed by atoms with E-state index < -0.39 is 0 Å². The average molecular weight is 422 g/mol. The van der Waals surface area contributed by atoms with Crippen molar-refractivity contribution in [1.29, 1.82) is 5.26 Å². The molecule has 0 saturated carbocycles. The molecule has 0 saturated heterocycles. The molecule has 114 valence electrons. The lowest BCUT2D eigenvalue weighted by molar-refractivity contribution is 0.254. The largest absolute Gasteiger partial charge is 0.295 e. The maximum Gasteiger partial charge on any atom is 0.0622 e. The van der Waals surface area contributed by atoms with E-state index in [0.29, 0.717) is 6.42 Å². The molecule has 0 fully saturated rings. The van der Waals surface area contributed by atoms with Gasteiger partial charge in [-0.05, 0) is 48.4 Å². The summed E-state index contributed by atoms with van der Waals surface area (Å²) in [5.74, 6) is 0. The number of nitriles is 1. The van der Waals surface area contributed by atoms with Gasteiger partial charge < -0.3 is 0 Å². The molecule has 2 aromatic carbocycles. The van der Waals surface area contributed by atoms with Crippen LogP contribution in [-0.4, -0.2) is 11.4 Å². The van der Waals surface area contributed by atoms with Gasteiger partial charge in [-0.1, -0.05) is 56.1 Å². The fraction of sp³-hybridized carbons (Fsp3) is 0.278. The molecule has 0 radical (unpaired) electrons. The lowest BCUT2D eigenvalue weighted by Crippen LogP contribution is -2.24. The van der Waals surface area contributed by atoms with Gasteiger partial charge in [0.2, 0.25) is 0 Å². The van der Waals surface area contributed by atoms with Crippen molar-refractivity contribution in [1.82, 2.24) is 4.90 Å². The summed E-state index contributed by atoms with van der Waals surface area (Å²) in [5.41, 5.74) is 2.56. The van der Waals surface area contributed by atoms with Crippen molar-refractivity contribution < 1.29 is 0 Å². The highest BCUT2D eigenvalue weighted by Crippen LogP contribution is 2.17. The molecule has 0 spiro atoms. The maximum atomic E-state index is 8.75. The molecule has 0 heterocycles. The summed E-state index contributed by atoms with van der Waals surface area (Å²) in [7, 11) is 0. The fourth-order valence-electron chi connectivity index (χ4n) is 2.38. The van der Waals surface area contributed by atoms with Gasteiger partial charge in [0.25, 0.3) is 0 Å². The molecule has 0 aliphatic heterocycles. The van der Waals surface area contributed by atoms with Crippen LogP contribution in [0.4, 0.5) is 0 Å². The van der Waals surface area contributed by atoms with E-state index in [1.807, 2.05) is 12.1 Å². The molecule has 2 nitrogen and oxygen atoms in total. The van der Waals surface area contributed by atoms with E-state index in [2.05, 4.69) is 79.2 Å². The second-order valence-electron chi connectivity index (χ2n) is 5.23. The normalized spacial score (nSPS) is 10.6. The van der Waals surface area contributed by atoms with E-state index in [1.165, 1.54) is 11.1 Å². The SMILES string of the molecule is N#CCCCN(Cc1cccc(Br)c1)Cc1cccc(Br)c1. The van der Waals surface area contributed by atoms with E-state index >= 15 is 0 Å². The van der Waals surface area contributed by atoms with Crippen molar-refractivity contribution in [2.75, 3.05) is 6.54 Å². The highest BCUT2D eigenvalue weighted by Gasteiger charge is 2.08. The minimum Gasteiger partial charge on any atom is -0.295 e. The summed E-state index contributed by atoms with van der Waals surface area (Å²) in [6.45, 7) is 2.70. The van der Waals surface area contributed by atoms with Crippen LogP contribution in [0.15, 0.2) is 57.5 Å². The van der Waals surface area contributed by atoms with Crippen LogP contribution in [0, 0.1) is 11.3 Å². The van der Waals surface area contributed by atoms with Crippen molar-refractivity contribution in [3.05, 3.63) is 68.6 Å². The highest BCUT2D eigenvalue weighted by atomic mass is 79.9. The van der Waals surface area contributed by atoms with Gasteiger partial charge in [0.15, 0.2) is 0 Å². The molecular formula is C18H18Br2N2. The van der Waals surface area contributed by atoms with Crippen LogP contribution in [0.25, 0.3) is 0 Å². The van der Waals surface area contributed by atoms with E-state index in [-0.39, 0.29) is 0 Å². The second-order valence-corrected chi connectivity index (χ2v) is 7.06. The van der Waals surface area contributed by atoms with Gasteiger partial charge in [-0.25, -0.2) is 0 Å². The monoisotopic (exact) mass is 420 g/mol. The molecule has 0 unspecified atom stereocenters. The second kappa shape index (κ2) is 9.09. The fourth-order valence-corrected chi connectivity index (χ4v) is 3.28. The summed E-state index contributed by atoms with van der Waals surface area (Å²) in [5, 5.41) is 8.75. The van der Waals surface area contributed by atoms with Crippen molar-refractivity contribution in [3.63, 3.8) is 0 Å². The molecule has 0 bridgehead atoms. The third-order valence-corrected chi connectivity index (χ3v) is 4.34. The molecule has 0 N–H and O–H groups in total. The minimum atomic E-state index is 0.605. The molecule has 0 amide bonds. The molecule has 2 aromatic rings. The molecule has 0 atom stereocenters. The summed E-state index contributed by atoms with van der Waals surface area (Å²) in [4.78, 5) is 2.39. The van der Waals surface area contributed by atoms with Crippen LogP contribution >= 0.6 is 31.9 Å². The van der Waals surface area contributed by atoms with Crippen molar-refractivity contribution >= 4 is 31.9 Å². The number of hydrogen-bond donors (Lipinski definition) is 0. The number of halogens is 2. The minimum absolute atomic E-state index is 0.605. The Morgan fingerprint density at radius 2 is 1.45 bits per heavy atom. The third-order valence-electron chi connectivity index (χ3n) is 3.35. The lowest BCUT2D eigenvalue weighted by atomic mass is 10.1. The number of nitrogens with zero attached hydrogens (tertiary/aromatic N) is 2. The van der Waals surface area contributed by atoms with Gasteiger partial charge in [-0.2, -0.15) is 5.26 Å². The van der Waals surface area contributed by atoms with Crippen LogP contribution < -0.4 is 0 Å². The van der Waals surface area contributed by atoms with Crippen LogP contribution in [0.1, 0.15) is 24.0 Å². The van der Waals surface area contributed by atoms with E-state index in [4.69, 9.17) is 5.26 Å². The summed E-state index contributed by atoms with van der Waals surface area (Å²) in [6, 6.07) is 19.0. The average Bonchev–Trinajstić information content (AvgIpc) is 2.47. The first-order valence-corrected chi connectivity index (χ1v) is 8.84. The summed E-state index contributed by atoms with van der Waals surface area (Å²) in [6.07, 6.45) is 1.51. The zero-order valence-corrected chi connectivity index (χ0v) is 15.5. The molecule has 4 heteroatoms. The van der Waals surface area contributed by atoms with E-state index in [1.54, 1.807) is 0 Å². The number of rotatable bonds is 7. The van der Waals surface area contributed by atoms with Crippen LogP contribution in [0.5, 0.6) is 0 Å². The van der Waals surface area contributed by atoms with Gasteiger partial charge in [-0.15, -0.1) is 0 Å². The van der Waals surface area contributed by atoms with Crippen LogP contribution in [0.2, 0.25) is 0 Å². The first-order valence-electron chi connectivity index (χ1n) is 7.25. The van der Waals surface area contributed by atoms with Gasteiger partial charge in [-0.3, -0.25) is 4.90 Å². The summed E-state index contributed by atoms with van der Waals surface area (Å²) < 4.78 is 2.20. The van der Waals surface area contributed by atoms with Crippen molar-refractivity contribution in [2.45, 2.75) is 25.9 Å². The first kappa shape index (κ1) is 17.2. The quantitative estimate of drug-likeness (QED) is 0.550. The lowest BCUT2D eigenvalue weighted by Gasteiger charge is -2.22. The van der Waals surface area contributed by atoms with Gasteiger partial charge in [0.05, 0.1) is 6.07 Å². The topological polar surface area (TPSA) is 27.0 Å². The smallest absolute Gasteiger partial charge is 0.0622 e. The Balaban J connectivity index is 2.06. The summed E-state index contributed by atoms with van der Waals surface area (Å²) >= 11 is 7.05. The maximum absolute atomic E-state index is 8.75. The van der Waals surface area contributed by atoms with Crippen molar-refractivity contribution in [2.24, 2.45) is 0 Å². The molecule has 0 aromatic heterocycles. The number of hydrogen-bond acceptors (Lipinski definition) is 2. The van der Waals surface area contributed by atoms with E-state index in [9.17, 15) is 0 Å². The van der Waals surface area contributed by atoms with Gasteiger partial charge in [0, 0.05) is 28.5 Å². The Bertz CT molecular complexity index is 602. The Morgan fingerprint density at radius 3 is 1.91 bits per heavy atom. The molecular weight excluding hydrogens is 404 g/mol. The number of unbranched alkanes of at least 4 members (excludes halogenated alkanes) is 1. The predicted molar refractivity (Wildman–Crippen MR) is 97.2 cm³/mol. The zero-order chi connectivity index (χ0) is 15.8. The van der Waals surface area contributed by atoms with E-state index in [0.717, 1.165) is 35.0 Å². The van der Waals surface area contributed by atoms with Crippen LogP contribution in [0.3, 0.4) is 0 Å². The Morgan fingerprint density at radius 1 is 0.909 bits per heavy atom. The molecule has 0 aliphatic carbocycles. The van der Waals surface area contributed by atoms with Gasteiger partial charge in [0.1, 0.15) is 0 Å². The zero-order valence-electron chi connectivity index (χ0n) is 12.3. The van der Waals surface area contributed by atoms with Crippen molar-refractivity contribution in [3.8, 4) is 6.07 Å². The molecule has 22 heavy (non-hydrogen) atoms. The molecule has 2 rings (SSSR count). The number of benzene rings is 2. The van der Waals surface area contributed by atoms with Crippen LogP contribution in [-0.2, 0) is 13.1 Å². The highest BCUT2D eigenvalue weighted by molar-refractivity contribution is 9.10. The Kier molecular flexibility index (Phi) is 7.11. The Labute approximate surface area is 149 Å². The third kappa shape index (κ3) is 5.92. The standard InChI is InChI=1S/C18H18Br2N2/c19-17-7-3-5-15(11-17)13-22(10-2-1-9-21)14-16-6-4-8-18(20)12-16/h3-8,11-12H,1-2,10,13-14H2. The predicted octanol–water partition coefficient (Wildman–Crippen LogP) is 5.52. The van der Waals surface area contributed by atoms with Gasteiger partial charge >= 0.3 is 0 Å².